The second-order valence-electron chi connectivity index (χ2n) is 20.9. The van der Waals surface area contributed by atoms with Gasteiger partial charge in [-0.15, -0.1) is 28.3 Å². The third-order valence-electron chi connectivity index (χ3n) is 14.2. The zero-order valence-electron chi connectivity index (χ0n) is 47.7. The predicted molar refractivity (Wildman–Crippen MR) is 343 cm³/mol. The van der Waals surface area contributed by atoms with Crippen LogP contribution in [-0.2, 0) is 31.3 Å². The molecule has 77 heavy (non-hydrogen) atoms. The van der Waals surface area contributed by atoms with Gasteiger partial charge in [0.1, 0.15) is 23.0 Å². The number of benzene rings is 7. The van der Waals surface area contributed by atoms with Crippen molar-refractivity contribution in [2.75, 3.05) is 18.2 Å². The van der Waals surface area contributed by atoms with Crippen LogP contribution in [0, 0.1) is 20.0 Å². The number of nitrogens with zero attached hydrogens (tertiary/aromatic N) is 1. The van der Waals surface area contributed by atoms with Crippen molar-refractivity contribution < 1.29 is 31.3 Å². The molecule has 0 aliphatic carbocycles. The predicted octanol–water partition coefficient (Wildman–Crippen LogP) is 15.8. The van der Waals surface area contributed by atoms with Gasteiger partial charge in [0.05, 0.1) is 0 Å². The molecule has 0 radical (unpaired) electrons. The van der Waals surface area contributed by atoms with Crippen LogP contribution in [0.2, 0.25) is 0 Å². The molecule has 0 aliphatic rings. The van der Waals surface area contributed by atoms with Gasteiger partial charge in [-0.3, -0.25) is 0 Å². The smallest absolute Gasteiger partial charge is 0.121 e. The summed E-state index contributed by atoms with van der Waals surface area (Å²) in [4.78, 5) is 0. The topological polar surface area (TPSA) is 72.1 Å². The molecule has 11 heteroatoms. The van der Waals surface area contributed by atoms with Crippen molar-refractivity contribution in [1.29, 1.82) is 0 Å². The molecule has 0 aromatic heterocycles. The van der Waals surface area contributed by atoms with Gasteiger partial charge in [0, 0.05) is 39.4 Å². The Morgan fingerprint density at radius 2 is 0.545 bits per heavy atom. The first kappa shape index (κ1) is 69.4. The van der Waals surface area contributed by atoms with Gasteiger partial charge in [-0.2, -0.15) is 18.2 Å². The van der Waals surface area contributed by atoms with Crippen molar-refractivity contribution in [3.05, 3.63) is 232 Å². The average molecular weight is 1160 g/mol. The van der Waals surface area contributed by atoms with Crippen LogP contribution in [0.5, 0.6) is 0 Å². The summed E-state index contributed by atoms with van der Waals surface area (Å²) in [6, 6.07) is 82.0. The van der Waals surface area contributed by atoms with E-state index in [1.807, 2.05) is 0 Å². The molecule has 0 aliphatic heterocycles. The van der Waals surface area contributed by atoms with Gasteiger partial charge in [-0.25, -0.2) is 5.46 Å². The molecule has 0 spiro atoms. The Morgan fingerprint density at radius 1 is 0.351 bits per heavy atom. The summed E-state index contributed by atoms with van der Waals surface area (Å²) in [5.41, 5.74) is 6.59. The van der Waals surface area contributed by atoms with Gasteiger partial charge in [0.25, 0.3) is 0 Å². The van der Waals surface area contributed by atoms with Crippen molar-refractivity contribution in [2.24, 2.45) is 4.52 Å². The maximum absolute atomic E-state index is 7.50. The number of hydrogen-bond donors (Lipinski definition) is 0. The minimum absolute atomic E-state index is 0. The zero-order valence-corrected chi connectivity index (χ0v) is 53.4. The van der Waals surface area contributed by atoms with Gasteiger partial charge < -0.3 is 0 Å². The molecule has 4 nitrogen and oxygen atoms in total. The summed E-state index contributed by atoms with van der Waals surface area (Å²) >= 11 is 0. The Bertz CT molecular complexity index is 2490. The summed E-state index contributed by atoms with van der Waals surface area (Å²) in [6.07, 6.45) is -0.559. The fourth-order valence-corrected chi connectivity index (χ4v) is 30.9. The van der Waals surface area contributed by atoms with Crippen molar-refractivity contribution in [3.8, 4) is 0 Å². The van der Waals surface area contributed by atoms with Gasteiger partial charge >= 0.3 is 33.9 Å². The third-order valence-corrected chi connectivity index (χ3v) is 34.0. The molecule has 0 fully saturated rings. The summed E-state index contributed by atoms with van der Waals surface area (Å²) in [5.74, 6) is 0. The minimum Gasteiger partial charge on any atom is -0.121 e. The molecule has 0 bridgehead atoms. The Kier molecular flexibility index (Phi) is 32.3. The van der Waals surface area contributed by atoms with Gasteiger partial charge in [-0.05, 0) is 70.4 Å². The molecule has 0 amide bonds. The van der Waals surface area contributed by atoms with Crippen molar-refractivity contribution in [1.82, 2.24) is 0 Å². The maximum Gasteiger partial charge on any atom is 0.228 e. The van der Waals surface area contributed by atoms with E-state index in [-0.39, 0.29) is 41.1 Å². The molecule has 0 saturated heterocycles. The van der Waals surface area contributed by atoms with E-state index >= 15 is 0 Å². The summed E-state index contributed by atoms with van der Waals surface area (Å²) in [6.45, 7) is 43.5. The van der Waals surface area contributed by atoms with Gasteiger partial charge in [0.15, 0.2) is 0 Å². The van der Waals surface area contributed by atoms with Crippen molar-refractivity contribution in [3.63, 3.8) is 0 Å². The van der Waals surface area contributed by atoms with Crippen LogP contribution in [-0.4, -0.2) is 58.3 Å². The van der Waals surface area contributed by atoms with Crippen molar-refractivity contribution in [2.45, 2.75) is 117 Å². The monoisotopic (exact) mass is 1160 g/mol. The van der Waals surface area contributed by atoms with Crippen LogP contribution in [0.15, 0.2) is 217 Å². The Morgan fingerprint density at radius 3 is 0.753 bits per heavy atom. The van der Waals surface area contributed by atoms with Crippen LogP contribution >= 0.6 is 38.2 Å². The van der Waals surface area contributed by atoms with E-state index in [4.69, 9.17) is 18.5 Å². The van der Waals surface area contributed by atoms with E-state index in [1.54, 1.807) is 5.46 Å². The van der Waals surface area contributed by atoms with E-state index in [0.29, 0.717) is 0 Å². The summed E-state index contributed by atoms with van der Waals surface area (Å²) < 4.78 is 28.9. The molecule has 7 rings (SSSR count). The third kappa shape index (κ3) is 18.4. The molecule has 0 atom stereocenters. The summed E-state index contributed by atoms with van der Waals surface area (Å²) in [5, 5.41) is 7.55. The molecule has 404 valence electrons. The molecule has 0 N–H and O–H groups in total. The quantitative estimate of drug-likeness (QED) is 0.0316. The van der Waals surface area contributed by atoms with Crippen molar-refractivity contribution >= 4 is 81.7 Å². The summed E-state index contributed by atoms with van der Waals surface area (Å²) in [7, 11) is -4.93. The second-order valence-corrected chi connectivity index (χ2v) is 37.6. The van der Waals surface area contributed by atoms with E-state index in [9.17, 15) is 0 Å². The Balaban J connectivity index is 0.000000487. The molecule has 0 heterocycles. The van der Waals surface area contributed by atoms with Crippen LogP contribution in [0.4, 0.5) is 0 Å². The first-order valence-corrected chi connectivity index (χ1v) is 35.1. The maximum atomic E-state index is 7.50. The molecule has 7 aromatic carbocycles. The van der Waals surface area contributed by atoms with E-state index in [0.717, 1.165) is 34.0 Å². The second kappa shape index (κ2) is 35.8. The van der Waals surface area contributed by atoms with E-state index in [1.165, 1.54) is 50.0 Å². The standard InChI is InChI=1S/C36H30NP2.C27H53BP3.3CO.Cr/c1-7-19-31(20-8-1)38(32-21-9-2-10-22-32,33-23-11-3-12-24-33)37-39(34-25-13-4-14-26-34,35-27-15-5-16-28-35)36-29-17-6-18-30-36;1-21(2)29(22(3)4)18-28(27-16-14-13-15-17-27,19-30(23(5)6)24(7)8)20-31(25(9)10)26(11)12;3*1-2;/h1-30H;13-17,21-26H,18-20H2,1-12H3;;;;/q+1;-1;;;;. The number of hydrogen-bond acceptors (Lipinski definition) is 1. The molecule has 0 unspecified atom stereocenters. The largest absolute Gasteiger partial charge is 0.228 e. The van der Waals surface area contributed by atoms with Gasteiger partial charge in [-0.1, -0.05) is 259 Å². The molecular formula is C66H83BCrNO3P5. The number of rotatable bonds is 20. The van der Waals surface area contributed by atoms with Crippen LogP contribution in [0.3, 0.4) is 0 Å². The minimum atomic E-state index is -2.50. The Hall–Kier alpha value is -3.69. The van der Waals surface area contributed by atoms with Gasteiger partial charge in [0.2, 0.25) is 7.41 Å². The average Bonchev–Trinajstić information content (AvgIpc) is 3.48. The molecule has 7 aromatic rings. The Labute approximate surface area is 481 Å². The first-order valence-electron chi connectivity index (χ1n) is 26.7. The first-order chi connectivity index (χ1) is 36.7. The fourth-order valence-electron chi connectivity index (χ4n) is 10.9. The van der Waals surface area contributed by atoms with E-state index in [2.05, 4.69) is 315 Å². The van der Waals surface area contributed by atoms with E-state index < -0.39 is 20.6 Å². The molecular weight excluding hydrogens is 1070 g/mol. The zero-order chi connectivity index (χ0) is 56.3. The van der Waals surface area contributed by atoms with Crippen LogP contribution < -0.4 is 37.3 Å². The SMILES string of the molecule is CC(C)P(C[B-](CP(C(C)C)C(C)C)(CP(C(C)C)C(C)C)c1ccccc1)C(C)C.[C-]#[O+].[C-]#[O+].[C-]#[O+].[Cr].c1ccc(P(=N[P+](c2ccccc2)(c2ccccc2)c2ccccc2)(c2ccccc2)c2ccccc2)cc1. The normalized spacial score (nSPS) is 11.4. The van der Waals surface area contributed by atoms with Crippen LogP contribution in [0.1, 0.15) is 83.1 Å². The fraction of sp³-hybridized carbons (Fsp3) is 0.318. The van der Waals surface area contributed by atoms with Crippen LogP contribution in [0.25, 0.3) is 0 Å². The molecule has 0 saturated carbocycles.